The Balaban J connectivity index is 0.00000150. The van der Waals surface area contributed by atoms with E-state index < -0.39 is 0 Å². The number of hydrogen-bond acceptors (Lipinski definition) is 3. The highest BCUT2D eigenvalue weighted by molar-refractivity contribution is 9.09. The van der Waals surface area contributed by atoms with Gasteiger partial charge in [-0.3, -0.25) is 0 Å². The van der Waals surface area contributed by atoms with Crippen LogP contribution in [0.2, 0.25) is 0 Å². The third kappa shape index (κ3) is 10.7. The normalized spacial score (nSPS) is 11.4. The molecule has 0 saturated carbocycles. The molecule has 0 saturated heterocycles. The first kappa shape index (κ1) is 27.3. The maximum absolute atomic E-state index is 5.82. The molecule has 1 rings (SSSR count). The zero-order valence-electron chi connectivity index (χ0n) is 18.8. The Morgan fingerprint density at radius 2 is 1.73 bits per heavy atom. The van der Waals surface area contributed by atoms with Crippen LogP contribution < -0.4 is 10.6 Å². The largest absolute Gasteiger partial charge is 0.403 e. The Labute approximate surface area is 192 Å². The second-order valence-electron chi connectivity index (χ2n) is 6.62. The van der Waals surface area contributed by atoms with Gasteiger partial charge in [-0.2, -0.15) is 0 Å². The summed E-state index contributed by atoms with van der Waals surface area (Å²) in [7, 11) is 2.03. The van der Waals surface area contributed by atoms with E-state index in [4.69, 9.17) is 5.73 Å². The second-order valence-corrected chi connectivity index (χ2v) is 7.42. The minimum atomic E-state index is 0.889. The van der Waals surface area contributed by atoms with Crippen molar-refractivity contribution in [3.05, 3.63) is 110 Å². The number of nitrogens with two attached hydrogens (primary N) is 1. The Hall–Kier alpha value is -2.72. The smallest absolute Gasteiger partial charge is 0.0595 e. The third-order valence-corrected chi connectivity index (χ3v) is 4.25. The summed E-state index contributed by atoms with van der Waals surface area (Å²) in [5.41, 5.74) is 10.9. The van der Waals surface area contributed by atoms with Gasteiger partial charge in [0.25, 0.3) is 0 Å². The first-order chi connectivity index (χ1) is 14.3. The van der Waals surface area contributed by atoms with E-state index in [9.17, 15) is 0 Å². The minimum Gasteiger partial charge on any atom is -0.403 e. The molecule has 0 unspecified atom stereocenters. The van der Waals surface area contributed by atoms with Gasteiger partial charge in [-0.05, 0) is 44.5 Å². The van der Waals surface area contributed by atoms with Gasteiger partial charge in [0.15, 0.2) is 0 Å². The van der Waals surface area contributed by atoms with E-state index in [2.05, 4.69) is 64.8 Å². The van der Waals surface area contributed by atoms with Crippen LogP contribution >= 0.6 is 15.9 Å². The van der Waals surface area contributed by atoms with Gasteiger partial charge in [-0.15, -0.1) is 0 Å². The maximum Gasteiger partial charge on any atom is 0.0595 e. The number of rotatable bonds is 10. The molecule has 0 aliphatic carbocycles. The lowest BCUT2D eigenvalue weighted by Crippen LogP contribution is -2.20. The van der Waals surface area contributed by atoms with Crippen LogP contribution in [0.15, 0.2) is 104 Å². The number of hydrogen-bond donors (Lipinski definition) is 1. The average molecular weight is 470 g/mol. The molecule has 30 heavy (non-hydrogen) atoms. The lowest BCUT2D eigenvalue weighted by Gasteiger charge is -2.23. The summed E-state index contributed by atoms with van der Waals surface area (Å²) in [6.07, 6.45) is 15.1. The van der Waals surface area contributed by atoms with Gasteiger partial charge >= 0.3 is 0 Å². The van der Waals surface area contributed by atoms with Gasteiger partial charge in [0, 0.05) is 42.7 Å². The summed E-state index contributed by atoms with van der Waals surface area (Å²) in [6, 6.07) is 8.29. The van der Waals surface area contributed by atoms with Crippen LogP contribution in [0.3, 0.4) is 0 Å². The monoisotopic (exact) mass is 469 g/mol. The topological polar surface area (TPSA) is 32.5 Å². The molecule has 0 bridgehead atoms. The molecule has 0 heterocycles. The van der Waals surface area contributed by atoms with Crippen molar-refractivity contribution < 1.29 is 0 Å². The Bertz CT molecular complexity index is 783. The highest BCUT2D eigenvalue weighted by Crippen LogP contribution is 2.24. The SMILES string of the molecule is C=C(C)/C=C\C=C/N(C(=C)C)c1ccc(/C(=C/N)N(C)CCBr)cc1.C=C/C=C\C. The van der Waals surface area contributed by atoms with Crippen molar-refractivity contribution in [3.8, 4) is 0 Å². The molecular weight excluding hydrogens is 434 g/mol. The lowest BCUT2D eigenvalue weighted by molar-refractivity contribution is 0.514. The van der Waals surface area contributed by atoms with Crippen molar-refractivity contribution in [2.75, 3.05) is 23.8 Å². The fraction of sp³-hybridized carbons (Fsp3) is 0.231. The molecule has 0 spiro atoms. The third-order valence-electron chi connectivity index (χ3n) is 3.90. The van der Waals surface area contributed by atoms with Gasteiger partial charge in [0.2, 0.25) is 0 Å². The van der Waals surface area contributed by atoms with E-state index in [1.54, 1.807) is 12.3 Å². The van der Waals surface area contributed by atoms with Gasteiger partial charge in [-0.1, -0.05) is 83.8 Å². The van der Waals surface area contributed by atoms with Crippen molar-refractivity contribution in [1.29, 1.82) is 0 Å². The van der Waals surface area contributed by atoms with Crippen molar-refractivity contribution in [3.63, 3.8) is 0 Å². The minimum absolute atomic E-state index is 0.889. The molecule has 0 aromatic heterocycles. The first-order valence-electron chi connectivity index (χ1n) is 9.80. The van der Waals surface area contributed by atoms with Crippen molar-refractivity contribution in [2.24, 2.45) is 5.73 Å². The highest BCUT2D eigenvalue weighted by atomic mass is 79.9. The Morgan fingerprint density at radius 1 is 1.10 bits per heavy atom. The Kier molecular flexibility index (Phi) is 14.7. The van der Waals surface area contributed by atoms with Crippen LogP contribution in [0.4, 0.5) is 5.69 Å². The van der Waals surface area contributed by atoms with E-state index in [1.807, 2.05) is 69.3 Å². The van der Waals surface area contributed by atoms with Crippen LogP contribution in [0.5, 0.6) is 0 Å². The molecule has 3 nitrogen and oxygen atoms in total. The van der Waals surface area contributed by atoms with E-state index in [0.717, 1.165) is 40.1 Å². The van der Waals surface area contributed by atoms with Crippen molar-refractivity contribution >= 4 is 27.3 Å². The standard InChI is InChI=1S/C21H28BrN3.C5H8/c1-17(2)8-6-7-14-25(18(3)4)20-11-9-19(10-12-20)21(16-23)24(5)15-13-22;1-3-5-4-2/h6-12,14,16H,1,3,13,15,23H2,2,4-5H3;3-5H,1H2,2H3/b8-6-,14-7-,21-16-;5-4-. The maximum atomic E-state index is 5.82. The second kappa shape index (κ2) is 16.1. The van der Waals surface area contributed by atoms with Crippen molar-refractivity contribution in [1.82, 2.24) is 4.90 Å². The first-order valence-corrected chi connectivity index (χ1v) is 10.9. The van der Waals surface area contributed by atoms with Gasteiger partial charge in [0.05, 0.1) is 5.70 Å². The molecule has 0 amide bonds. The van der Waals surface area contributed by atoms with Crippen LogP contribution in [0.25, 0.3) is 5.70 Å². The predicted molar refractivity (Wildman–Crippen MR) is 140 cm³/mol. The summed E-state index contributed by atoms with van der Waals surface area (Å²) in [5.74, 6) is 0. The van der Waals surface area contributed by atoms with Crippen LogP contribution in [0, 0.1) is 0 Å². The number of allylic oxidation sites excluding steroid dienone is 8. The number of halogens is 1. The summed E-state index contributed by atoms with van der Waals surface area (Å²) < 4.78 is 0. The number of nitrogens with zero attached hydrogens (tertiary/aromatic N) is 2. The highest BCUT2D eigenvalue weighted by Gasteiger charge is 2.08. The van der Waals surface area contributed by atoms with Crippen LogP contribution in [-0.4, -0.2) is 23.8 Å². The quantitative estimate of drug-likeness (QED) is 0.295. The molecule has 1 aromatic rings. The molecule has 162 valence electrons. The summed E-state index contributed by atoms with van der Waals surface area (Å²) >= 11 is 3.46. The zero-order valence-corrected chi connectivity index (χ0v) is 20.4. The van der Waals surface area contributed by atoms with Gasteiger partial charge in [0.1, 0.15) is 0 Å². The van der Waals surface area contributed by atoms with Gasteiger partial charge in [-0.25, -0.2) is 0 Å². The number of alkyl halides is 1. The molecule has 0 aliphatic heterocycles. The molecule has 2 N–H and O–H groups in total. The van der Waals surface area contributed by atoms with E-state index in [-0.39, 0.29) is 0 Å². The summed E-state index contributed by atoms with van der Waals surface area (Å²) in [6.45, 7) is 18.2. The predicted octanol–water partition coefficient (Wildman–Crippen LogP) is 7.00. The number of anilines is 1. The average Bonchev–Trinajstić information content (AvgIpc) is 2.70. The summed E-state index contributed by atoms with van der Waals surface area (Å²) in [4.78, 5) is 4.17. The van der Waals surface area contributed by atoms with Gasteiger partial charge < -0.3 is 15.5 Å². The summed E-state index contributed by atoms with van der Waals surface area (Å²) in [5, 5.41) is 0.894. The zero-order chi connectivity index (χ0) is 22.9. The molecular formula is C26H36BrN3. The molecule has 1 aromatic carbocycles. The molecule has 0 aliphatic rings. The van der Waals surface area contributed by atoms with Crippen LogP contribution in [0.1, 0.15) is 26.3 Å². The molecule has 4 heteroatoms. The lowest BCUT2D eigenvalue weighted by atomic mass is 10.1. The molecule has 0 atom stereocenters. The Morgan fingerprint density at radius 3 is 2.13 bits per heavy atom. The van der Waals surface area contributed by atoms with Crippen LogP contribution in [-0.2, 0) is 0 Å². The molecule has 0 radical (unpaired) electrons. The molecule has 0 fully saturated rings. The van der Waals surface area contributed by atoms with E-state index >= 15 is 0 Å². The number of benzene rings is 1. The fourth-order valence-electron chi connectivity index (χ4n) is 2.41. The fourth-order valence-corrected chi connectivity index (χ4v) is 2.94. The van der Waals surface area contributed by atoms with E-state index in [1.165, 1.54) is 0 Å². The van der Waals surface area contributed by atoms with Crippen molar-refractivity contribution in [2.45, 2.75) is 20.8 Å². The van der Waals surface area contributed by atoms with E-state index in [0.29, 0.717) is 0 Å².